The van der Waals surface area contributed by atoms with Gasteiger partial charge in [-0.05, 0) is 42.8 Å². The first kappa shape index (κ1) is 13.9. The summed E-state index contributed by atoms with van der Waals surface area (Å²) in [6.45, 7) is 2.17. The van der Waals surface area contributed by atoms with Gasteiger partial charge in [-0.3, -0.25) is 0 Å². The van der Waals surface area contributed by atoms with Gasteiger partial charge < -0.3 is 10.2 Å². The summed E-state index contributed by atoms with van der Waals surface area (Å²) >= 11 is 3.49. The van der Waals surface area contributed by atoms with E-state index in [0.717, 1.165) is 10.2 Å². The summed E-state index contributed by atoms with van der Waals surface area (Å²) < 4.78 is 1.09. The molecule has 19 heavy (non-hydrogen) atoms. The minimum Gasteiger partial charge on any atom is -0.378 e. The highest BCUT2D eigenvalue weighted by atomic mass is 79.9. The van der Waals surface area contributed by atoms with E-state index in [0.29, 0.717) is 0 Å². The minimum absolute atomic E-state index is 0.283. The zero-order valence-electron chi connectivity index (χ0n) is 11.5. The highest BCUT2D eigenvalue weighted by Gasteiger charge is 2.05. The van der Waals surface area contributed by atoms with Crippen molar-refractivity contribution in [1.82, 2.24) is 0 Å². The number of hydrogen-bond donors (Lipinski definition) is 1. The van der Waals surface area contributed by atoms with Gasteiger partial charge in [0.05, 0.1) is 0 Å². The molecule has 0 spiro atoms. The van der Waals surface area contributed by atoms with Gasteiger partial charge in [0, 0.05) is 36.0 Å². The van der Waals surface area contributed by atoms with Crippen LogP contribution < -0.4 is 10.2 Å². The summed E-state index contributed by atoms with van der Waals surface area (Å²) in [5.74, 6) is 0. The number of hydrogen-bond acceptors (Lipinski definition) is 2. The Hall–Kier alpha value is -1.48. The molecule has 0 saturated heterocycles. The summed E-state index contributed by atoms with van der Waals surface area (Å²) in [7, 11) is 4.11. The third kappa shape index (κ3) is 3.74. The topological polar surface area (TPSA) is 15.3 Å². The van der Waals surface area contributed by atoms with Gasteiger partial charge in [-0.15, -0.1) is 0 Å². The first-order valence-electron chi connectivity index (χ1n) is 6.35. The molecule has 2 rings (SSSR count). The Balaban J connectivity index is 2.09. The Morgan fingerprint density at radius 2 is 1.74 bits per heavy atom. The van der Waals surface area contributed by atoms with E-state index < -0.39 is 0 Å². The van der Waals surface area contributed by atoms with Crippen molar-refractivity contribution in [2.75, 3.05) is 24.3 Å². The average Bonchev–Trinajstić information content (AvgIpc) is 2.39. The van der Waals surface area contributed by atoms with Gasteiger partial charge in [0.2, 0.25) is 0 Å². The van der Waals surface area contributed by atoms with Crippen molar-refractivity contribution >= 4 is 27.3 Å². The van der Waals surface area contributed by atoms with Crippen LogP contribution in [-0.4, -0.2) is 14.1 Å². The molecule has 2 aromatic carbocycles. The predicted molar refractivity (Wildman–Crippen MR) is 86.9 cm³/mol. The van der Waals surface area contributed by atoms with Gasteiger partial charge in [0.1, 0.15) is 0 Å². The third-order valence-corrected chi connectivity index (χ3v) is 3.61. The van der Waals surface area contributed by atoms with Crippen molar-refractivity contribution in [3.05, 3.63) is 58.6 Å². The molecule has 1 N–H and O–H groups in total. The largest absolute Gasteiger partial charge is 0.378 e. The van der Waals surface area contributed by atoms with Gasteiger partial charge >= 0.3 is 0 Å². The molecule has 0 aromatic heterocycles. The normalized spacial score (nSPS) is 12.0. The third-order valence-electron chi connectivity index (χ3n) is 3.12. The molecule has 0 heterocycles. The molecule has 0 aliphatic heterocycles. The summed E-state index contributed by atoms with van der Waals surface area (Å²) in [5.41, 5.74) is 3.63. The van der Waals surface area contributed by atoms with E-state index in [9.17, 15) is 0 Å². The van der Waals surface area contributed by atoms with E-state index in [-0.39, 0.29) is 6.04 Å². The molecular formula is C16H19BrN2. The van der Waals surface area contributed by atoms with E-state index in [4.69, 9.17) is 0 Å². The van der Waals surface area contributed by atoms with Gasteiger partial charge in [-0.25, -0.2) is 0 Å². The first-order valence-corrected chi connectivity index (χ1v) is 7.15. The number of anilines is 2. The predicted octanol–water partition coefficient (Wildman–Crippen LogP) is 4.69. The maximum Gasteiger partial charge on any atom is 0.0485 e. The molecule has 2 nitrogen and oxygen atoms in total. The molecule has 0 radical (unpaired) electrons. The molecule has 1 atom stereocenters. The lowest BCUT2D eigenvalue weighted by Crippen LogP contribution is -2.10. The van der Waals surface area contributed by atoms with Crippen LogP contribution in [0.3, 0.4) is 0 Å². The number of halogens is 1. The quantitative estimate of drug-likeness (QED) is 0.879. The molecule has 0 saturated carbocycles. The molecule has 0 aliphatic rings. The standard InChI is InChI=1S/C16H19BrN2/c1-12(18-15-6-4-5-14(17)11-15)13-7-9-16(10-8-13)19(2)3/h4-12,18H,1-3H3. The van der Waals surface area contributed by atoms with Crippen LogP contribution in [-0.2, 0) is 0 Å². The van der Waals surface area contributed by atoms with Crippen molar-refractivity contribution in [1.29, 1.82) is 0 Å². The van der Waals surface area contributed by atoms with Gasteiger partial charge in [0.15, 0.2) is 0 Å². The minimum atomic E-state index is 0.283. The first-order chi connectivity index (χ1) is 9.06. The van der Waals surface area contributed by atoms with Crippen LogP contribution in [0.5, 0.6) is 0 Å². The maximum atomic E-state index is 3.50. The fourth-order valence-electron chi connectivity index (χ4n) is 1.97. The fourth-order valence-corrected chi connectivity index (χ4v) is 2.37. The summed E-state index contributed by atoms with van der Waals surface area (Å²) in [6.07, 6.45) is 0. The van der Waals surface area contributed by atoms with Crippen LogP contribution in [0, 0.1) is 0 Å². The Morgan fingerprint density at radius 1 is 1.05 bits per heavy atom. The molecule has 0 aliphatic carbocycles. The van der Waals surface area contributed by atoms with Crippen molar-refractivity contribution in [2.45, 2.75) is 13.0 Å². The molecular weight excluding hydrogens is 300 g/mol. The second-order valence-corrected chi connectivity index (χ2v) is 5.78. The van der Waals surface area contributed by atoms with E-state index >= 15 is 0 Å². The number of nitrogens with zero attached hydrogens (tertiary/aromatic N) is 1. The van der Waals surface area contributed by atoms with Crippen LogP contribution in [0.1, 0.15) is 18.5 Å². The van der Waals surface area contributed by atoms with Gasteiger partial charge in [0.25, 0.3) is 0 Å². The lowest BCUT2D eigenvalue weighted by molar-refractivity contribution is 0.884. The van der Waals surface area contributed by atoms with Crippen molar-refractivity contribution in [3.8, 4) is 0 Å². The Morgan fingerprint density at radius 3 is 2.32 bits per heavy atom. The van der Waals surface area contributed by atoms with Crippen LogP contribution in [0.25, 0.3) is 0 Å². The monoisotopic (exact) mass is 318 g/mol. The Kier molecular flexibility index (Phi) is 4.48. The molecule has 100 valence electrons. The van der Waals surface area contributed by atoms with Gasteiger partial charge in [-0.1, -0.05) is 34.1 Å². The van der Waals surface area contributed by atoms with Crippen LogP contribution in [0.2, 0.25) is 0 Å². The zero-order chi connectivity index (χ0) is 13.8. The fraction of sp³-hybridized carbons (Fsp3) is 0.250. The highest BCUT2D eigenvalue weighted by molar-refractivity contribution is 9.10. The second kappa shape index (κ2) is 6.11. The average molecular weight is 319 g/mol. The van der Waals surface area contributed by atoms with Crippen molar-refractivity contribution in [3.63, 3.8) is 0 Å². The zero-order valence-corrected chi connectivity index (χ0v) is 13.1. The Bertz CT molecular complexity index is 535. The van der Waals surface area contributed by atoms with E-state index in [1.807, 2.05) is 12.1 Å². The van der Waals surface area contributed by atoms with Crippen LogP contribution >= 0.6 is 15.9 Å². The van der Waals surface area contributed by atoms with Crippen LogP contribution in [0.15, 0.2) is 53.0 Å². The Labute approximate surface area is 123 Å². The lowest BCUT2D eigenvalue weighted by Gasteiger charge is -2.18. The van der Waals surface area contributed by atoms with Gasteiger partial charge in [-0.2, -0.15) is 0 Å². The van der Waals surface area contributed by atoms with E-state index in [1.54, 1.807) is 0 Å². The number of rotatable bonds is 4. The molecule has 3 heteroatoms. The molecule has 0 bridgehead atoms. The summed E-state index contributed by atoms with van der Waals surface area (Å²) in [5, 5.41) is 3.50. The van der Waals surface area contributed by atoms with Crippen molar-refractivity contribution < 1.29 is 0 Å². The number of nitrogens with one attached hydrogen (secondary N) is 1. The highest BCUT2D eigenvalue weighted by Crippen LogP contribution is 2.23. The second-order valence-electron chi connectivity index (χ2n) is 4.86. The summed E-state index contributed by atoms with van der Waals surface area (Å²) in [4.78, 5) is 2.11. The maximum absolute atomic E-state index is 3.50. The SMILES string of the molecule is CC(Nc1cccc(Br)c1)c1ccc(N(C)C)cc1. The molecule has 1 unspecified atom stereocenters. The van der Waals surface area contributed by atoms with E-state index in [2.05, 4.69) is 83.6 Å². The van der Waals surface area contributed by atoms with E-state index in [1.165, 1.54) is 11.3 Å². The number of benzene rings is 2. The van der Waals surface area contributed by atoms with Crippen molar-refractivity contribution in [2.24, 2.45) is 0 Å². The summed E-state index contributed by atoms with van der Waals surface area (Å²) in [6, 6.07) is 17.2. The lowest BCUT2D eigenvalue weighted by atomic mass is 10.1. The smallest absolute Gasteiger partial charge is 0.0485 e. The molecule has 2 aromatic rings. The van der Waals surface area contributed by atoms with Crippen LogP contribution in [0.4, 0.5) is 11.4 Å². The molecule has 0 fully saturated rings. The molecule has 0 amide bonds.